The molecule has 10 nitrogen and oxygen atoms in total. The van der Waals surface area contributed by atoms with Gasteiger partial charge >= 0.3 is 12.1 Å². The van der Waals surface area contributed by atoms with Gasteiger partial charge in [0.05, 0.1) is 18.0 Å². The lowest BCUT2D eigenvalue weighted by Crippen LogP contribution is -2.55. The van der Waals surface area contributed by atoms with Crippen LogP contribution in [0, 0.1) is 0 Å². The van der Waals surface area contributed by atoms with Crippen LogP contribution >= 0.6 is 0 Å². The Morgan fingerprint density at radius 1 is 0.891 bits per heavy atom. The number of amides is 2. The molecule has 10 heteroatoms. The molecule has 3 aromatic carbocycles. The molecule has 0 spiro atoms. The largest absolute Gasteiger partial charge is 0.481 e. The Morgan fingerprint density at radius 3 is 2.15 bits per heavy atom. The van der Waals surface area contributed by atoms with Crippen molar-refractivity contribution in [3.05, 3.63) is 102 Å². The van der Waals surface area contributed by atoms with Gasteiger partial charge in [-0.25, -0.2) is 4.79 Å². The molecule has 0 saturated heterocycles. The number of aromatic nitrogens is 1. The van der Waals surface area contributed by atoms with Gasteiger partial charge in [-0.2, -0.15) is 0 Å². The Bertz CT molecular complexity index is 1640. The van der Waals surface area contributed by atoms with E-state index in [0.717, 1.165) is 33.2 Å². The lowest BCUT2D eigenvalue weighted by molar-refractivity contribution is -0.180. The minimum absolute atomic E-state index is 0.0202. The van der Waals surface area contributed by atoms with Crippen LogP contribution in [0.25, 0.3) is 22.0 Å². The van der Waals surface area contributed by atoms with Crippen molar-refractivity contribution >= 4 is 28.9 Å². The Balaban J connectivity index is 1.39. The van der Waals surface area contributed by atoms with Gasteiger partial charge in [-0.05, 0) is 54.7 Å². The summed E-state index contributed by atoms with van der Waals surface area (Å²) >= 11 is 0. The number of carboxylic acid groups (broad SMARTS) is 1. The Hall–Kier alpha value is -4.80. The highest BCUT2D eigenvalue weighted by Gasteiger charge is 2.36. The number of alkyl carbamates (subject to hydrolysis) is 1. The second kappa shape index (κ2) is 15.0. The first-order valence-corrected chi connectivity index (χ1v) is 15.5. The number of rotatable bonds is 14. The van der Waals surface area contributed by atoms with E-state index >= 15 is 0 Å². The monoisotopic (exact) mass is 625 g/mol. The molecule has 1 unspecified atom stereocenters. The molecule has 0 aliphatic heterocycles. The minimum Gasteiger partial charge on any atom is -0.481 e. The number of nitrogens with zero attached hydrogens (tertiary/aromatic N) is 2. The second-order valence-electron chi connectivity index (χ2n) is 11.1. The molecule has 46 heavy (non-hydrogen) atoms. The van der Waals surface area contributed by atoms with E-state index in [1.54, 1.807) is 13.1 Å². The van der Waals surface area contributed by atoms with Crippen molar-refractivity contribution in [2.45, 2.75) is 58.0 Å². The third kappa shape index (κ3) is 7.19. The maximum absolute atomic E-state index is 14.3. The molecule has 4 aromatic rings. The van der Waals surface area contributed by atoms with Crippen LogP contribution in [-0.4, -0.2) is 71.2 Å². The number of hydrogen-bond acceptors (Lipinski definition) is 7. The summed E-state index contributed by atoms with van der Waals surface area (Å²) in [6.07, 6.45) is -0.640. The number of pyridine rings is 1. The predicted octanol–water partition coefficient (Wildman–Crippen LogP) is 5.73. The number of carbonyl (C=O) groups is 3. The summed E-state index contributed by atoms with van der Waals surface area (Å²) < 4.78 is 17.3. The van der Waals surface area contributed by atoms with Crippen molar-refractivity contribution < 1.29 is 33.7 Å². The first kappa shape index (κ1) is 32.6. The molecule has 1 heterocycles. The van der Waals surface area contributed by atoms with Crippen LogP contribution in [0.15, 0.2) is 85.1 Å². The van der Waals surface area contributed by atoms with Crippen molar-refractivity contribution in [3.63, 3.8) is 0 Å². The molecule has 0 radical (unpaired) electrons. The fourth-order valence-electron chi connectivity index (χ4n) is 6.06. The van der Waals surface area contributed by atoms with Crippen LogP contribution in [-0.2, 0) is 30.3 Å². The van der Waals surface area contributed by atoms with Gasteiger partial charge in [0.2, 0.25) is 5.91 Å². The van der Waals surface area contributed by atoms with Crippen LogP contribution in [0.1, 0.15) is 49.8 Å². The molecule has 2 amide bonds. The van der Waals surface area contributed by atoms with Crippen molar-refractivity contribution in [2.75, 3.05) is 19.8 Å². The maximum atomic E-state index is 14.3. The number of aliphatic carboxylic acids is 1. The van der Waals surface area contributed by atoms with Gasteiger partial charge in [0.1, 0.15) is 12.6 Å². The zero-order chi connectivity index (χ0) is 32.6. The zero-order valence-corrected chi connectivity index (χ0v) is 26.2. The molecule has 1 aliphatic carbocycles. The number of para-hydroxylation sites is 1. The predicted molar refractivity (Wildman–Crippen MR) is 173 cm³/mol. The van der Waals surface area contributed by atoms with Crippen LogP contribution in [0.2, 0.25) is 0 Å². The Kier molecular flexibility index (Phi) is 10.6. The topological polar surface area (TPSA) is 127 Å². The number of nitrogens with one attached hydrogen (secondary N) is 1. The van der Waals surface area contributed by atoms with Crippen LogP contribution < -0.4 is 5.32 Å². The third-order valence-corrected chi connectivity index (χ3v) is 8.20. The quantitative estimate of drug-likeness (QED) is 0.170. The van der Waals surface area contributed by atoms with Crippen LogP contribution in [0.4, 0.5) is 4.79 Å². The summed E-state index contributed by atoms with van der Waals surface area (Å²) in [5.41, 5.74) is 5.69. The van der Waals surface area contributed by atoms with E-state index in [1.165, 1.54) is 4.90 Å². The number of carboxylic acids is 1. The maximum Gasteiger partial charge on any atom is 0.407 e. The van der Waals surface area contributed by atoms with Crippen molar-refractivity contribution in [3.8, 4) is 11.1 Å². The van der Waals surface area contributed by atoms with Crippen molar-refractivity contribution in [1.29, 1.82) is 0 Å². The minimum atomic E-state index is -1.41. The average Bonchev–Trinajstić information content (AvgIpc) is 3.38. The molecule has 5 rings (SSSR count). The average molecular weight is 626 g/mol. The summed E-state index contributed by atoms with van der Waals surface area (Å²) in [5.74, 6) is -2.05. The van der Waals surface area contributed by atoms with Gasteiger partial charge in [0.25, 0.3) is 0 Å². The lowest BCUT2D eigenvalue weighted by atomic mass is 9.98. The molecule has 0 saturated carbocycles. The third-order valence-electron chi connectivity index (χ3n) is 8.20. The van der Waals surface area contributed by atoms with E-state index in [-0.39, 0.29) is 19.1 Å². The molecule has 0 fully saturated rings. The van der Waals surface area contributed by atoms with Gasteiger partial charge < -0.3 is 29.5 Å². The summed E-state index contributed by atoms with van der Waals surface area (Å²) in [6.45, 7) is 6.20. The van der Waals surface area contributed by atoms with Crippen LogP contribution in [0.3, 0.4) is 0 Å². The molecule has 2 N–H and O–H groups in total. The number of ether oxygens (including phenoxy) is 3. The normalized spacial score (nSPS) is 13.6. The number of fused-ring (bicyclic) bond motifs is 4. The first-order valence-electron chi connectivity index (χ1n) is 15.5. The van der Waals surface area contributed by atoms with Gasteiger partial charge in [-0.3, -0.25) is 14.6 Å². The van der Waals surface area contributed by atoms with E-state index in [9.17, 15) is 19.5 Å². The van der Waals surface area contributed by atoms with Crippen LogP contribution in [0.5, 0.6) is 0 Å². The first-order chi connectivity index (χ1) is 22.3. The lowest BCUT2D eigenvalue weighted by Gasteiger charge is -2.36. The highest BCUT2D eigenvalue weighted by atomic mass is 16.7. The summed E-state index contributed by atoms with van der Waals surface area (Å²) in [4.78, 5) is 45.5. The summed E-state index contributed by atoms with van der Waals surface area (Å²) in [5, 5.41) is 13.2. The zero-order valence-electron chi connectivity index (χ0n) is 26.2. The van der Waals surface area contributed by atoms with Crippen molar-refractivity contribution in [1.82, 2.24) is 15.2 Å². The molecular weight excluding hydrogens is 586 g/mol. The van der Waals surface area contributed by atoms with Gasteiger partial charge in [-0.1, -0.05) is 72.8 Å². The van der Waals surface area contributed by atoms with Gasteiger partial charge in [0.15, 0.2) is 6.29 Å². The Morgan fingerprint density at radius 2 is 1.52 bits per heavy atom. The standard InChI is InChI=1S/C36H39N3O7/c1-4-44-35(45-5-2)23(3)39(21-25-13-10-12-24-14-11-19-37-33(24)25)34(42)31(20-32(40)41)38-36(43)46-22-30-28-17-8-6-15-26(28)27-16-7-9-18-29(27)30/h6-19,23,30-31,35H,4-5,20-22H2,1-3H3,(H,38,43)(H,40,41)/t23-,31?/m0/s1. The molecular formula is C36H39N3O7. The van der Waals surface area contributed by atoms with Gasteiger partial charge in [0, 0.05) is 37.3 Å². The molecule has 2 atom stereocenters. The molecule has 240 valence electrons. The highest BCUT2D eigenvalue weighted by molar-refractivity contribution is 5.90. The fourth-order valence-corrected chi connectivity index (χ4v) is 6.06. The molecule has 0 bridgehead atoms. The van der Waals surface area contributed by atoms with Gasteiger partial charge in [-0.15, -0.1) is 0 Å². The SMILES string of the molecule is CCOC(OCC)[C@H](C)N(Cc1cccc2cccnc12)C(=O)C(CC(=O)O)NC(=O)OCC1c2ccccc2-c2ccccc21. The van der Waals surface area contributed by atoms with Crippen molar-refractivity contribution in [2.24, 2.45) is 0 Å². The van der Waals surface area contributed by atoms with E-state index in [0.29, 0.717) is 18.7 Å². The second-order valence-corrected chi connectivity index (χ2v) is 11.1. The van der Waals surface area contributed by atoms with E-state index in [4.69, 9.17) is 14.2 Å². The number of carbonyl (C=O) groups excluding carboxylic acids is 2. The molecule has 1 aromatic heterocycles. The molecule has 1 aliphatic rings. The Labute approximate surface area is 268 Å². The number of hydrogen-bond donors (Lipinski definition) is 2. The fraction of sp³-hybridized carbons (Fsp3) is 0.333. The van der Waals surface area contributed by atoms with E-state index in [1.807, 2.05) is 92.7 Å². The smallest absolute Gasteiger partial charge is 0.407 e. The summed E-state index contributed by atoms with van der Waals surface area (Å²) in [6, 6.07) is 23.3. The van der Waals surface area contributed by atoms with E-state index in [2.05, 4.69) is 10.3 Å². The highest BCUT2D eigenvalue weighted by Crippen LogP contribution is 2.44. The van der Waals surface area contributed by atoms with E-state index < -0.39 is 42.8 Å². The summed E-state index contributed by atoms with van der Waals surface area (Å²) in [7, 11) is 0. The number of benzene rings is 3.